The number of pyridine rings is 1. The number of amides is 1. The van der Waals surface area contributed by atoms with Crippen LogP contribution >= 0.6 is 11.3 Å². The zero-order valence-electron chi connectivity index (χ0n) is 15.0. The fourth-order valence-corrected chi connectivity index (χ4v) is 3.94. The summed E-state index contributed by atoms with van der Waals surface area (Å²) in [7, 11) is 0. The van der Waals surface area contributed by atoms with Gasteiger partial charge in [0, 0.05) is 25.5 Å². The van der Waals surface area contributed by atoms with Crippen molar-refractivity contribution in [3.05, 3.63) is 52.2 Å². The van der Waals surface area contributed by atoms with Crippen molar-refractivity contribution in [3.63, 3.8) is 0 Å². The summed E-state index contributed by atoms with van der Waals surface area (Å²) in [5.41, 5.74) is 0.245. The number of carbonyl (C=O) groups excluding carboxylic acids is 1. The Bertz CT molecular complexity index is 1010. The first-order valence-electron chi connectivity index (χ1n) is 8.94. The molecular formula is C18H20N6O2S. The third kappa shape index (κ3) is 3.68. The molecule has 1 fully saturated rings. The predicted octanol–water partition coefficient (Wildman–Crippen LogP) is 1.71. The van der Waals surface area contributed by atoms with Gasteiger partial charge in [-0.15, -0.1) is 5.10 Å². The Morgan fingerprint density at radius 2 is 2.11 bits per heavy atom. The van der Waals surface area contributed by atoms with Crippen molar-refractivity contribution in [1.82, 2.24) is 24.9 Å². The summed E-state index contributed by atoms with van der Waals surface area (Å²) in [5.74, 6) is 0.236. The highest BCUT2D eigenvalue weighted by Gasteiger charge is 2.21. The predicted molar refractivity (Wildman–Crippen MR) is 103 cm³/mol. The van der Waals surface area contributed by atoms with Crippen LogP contribution < -0.4 is 15.8 Å². The van der Waals surface area contributed by atoms with Gasteiger partial charge in [0.1, 0.15) is 5.56 Å². The Morgan fingerprint density at radius 1 is 1.30 bits per heavy atom. The third-order valence-electron chi connectivity index (χ3n) is 4.73. The maximum Gasteiger partial charge on any atom is 0.288 e. The maximum atomic E-state index is 12.7. The van der Waals surface area contributed by atoms with Crippen molar-refractivity contribution < 1.29 is 4.79 Å². The number of rotatable bonds is 4. The lowest BCUT2D eigenvalue weighted by Gasteiger charge is -2.29. The highest BCUT2D eigenvalue weighted by Crippen LogP contribution is 2.26. The van der Waals surface area contributed by atoms with E-state index in [1.54, 1.807) is 18.3 Å². The number of fused-ring (bicyclic) bond motifs is 1. The summed E-state index contributed by atoms with van der Waals surface area (Å²) < 4.78 is 1.23. The molecule has 27 heavy (non-hydrogen) atoms. The van der Waals surface area contributed by atoms with E-state index in [2.05, 4.69) is 32.2 Å². The highest BCUT2D eigenvalue weighted by molar-refractivity contribution is 7.20. The van der Waals surface area contributed by atoms with Crippen LogP contribution in [0.15, 0.2) is 35.4 Å². The van der Waals surface area contributed by atoms with Gasteiger partial charge in [-0.2, -0.15) is 4.52 Å². The molecule has 0 bridgehead atoms. The van der Waals surface area contributed by atoms with Crippen LogP contribution in [0.4, 0.5) is 5.13 Å². The van der Waals surface area contributed by atoms with Gasteiger partial charge in [0.2, 0.25) is 10.1 Å². The number of aromatic nitrogens is 4. The van der Waals surface area contributed by atoms with Crippen LogP contribution in [0.1, 0.15) is 35.8 Å². The summed E-state index contributed by atoms with van der Waals surface area (Å²) in [5, 5.41) is 7.90. The number of carbonyl (C=O) groups is 1. The van der Waals surface area contributed by atoms with E-state index in [0.717, 1.165) is 36.8 Å². The van der Waals surface area contributed by atoms with E-state index < -0.39 is 11.5 Å². The van der Waals surface area contributed by atoms with Crippen molar-refractivity contribution >= 4 is 27.3 Å². The van der Waals surface area contributed by atoms with E-state index in [1.165, 1.54) is 22.0 Å². The standard InChI is InChI=1S/C18H20N6O2S/c1-12-5-8-23(9-6-12)18-22-24-16(26)14(11-21-17(24)27-18)15(25)20-10-13-4-2-3-7-19-13/h2-4,7,11-12H,5-6,8-10H2,1H3,(H,20,25). The first-order valence-corrected chi connectivity index (χ1v) is 9.75. The number of nitrogens with zero attached hydrogens (tertiary/aromatic N) is 5. The minimum absolute atomic E-state index is 0.0208. The molecule has 8 nitrogen and oxygen atoms in total. The van der Waals surface area contributed by atoms with E-state index in [-0.39, 0.29) is 12.1 Å². The van der Waals surface area contributed by atoms with E-state index >= 15 is 0 Å². The molecule has 0 aliphatic carbocycles. The van der Waals surface area contributed by atoms with Crippen LogP contribution in [0.2, 0.25) is 0 Å². The number of anilines is 1. The molecule has 0 spiro atoms. The molecule has 4 heterocycles. The first kappa shape index (κ1) is 17.6. The van der Waals surface area contributed by atoms with Gasteiger partial charge in [-0.3, -0.25) is 14.6 Å². The molecule has 0 radical (unpaired) electrons. The molecule has 0 saturated carbocycles. The monoisotopic (exact) mass is 384 g/mol. The Morgan fingerprint density at radius 3 is 2.85 bits per heavy atom. The Kier molecular flexibility index (Phi) is 4.85. The molecule has 1 amide bonds. The Balaban J connectivity index is 1.54. The minimum atomic E-state index is -0.478. The molecule has 1 aliphatic heterocycles. The fourth-order valence-electron chi connectivity index (χ4n) is 3.03. The van der Waals surface area contributed by atoms with Crippen LogP contribution in [0, 0.1) is 5.92 Å². The van der Waals surface area contributed by atoms with E-state index in [4.69, 9.17) is 0 Å². The molecule has 0 aromatic carbocycles. The summed E-state index contributed by atoms with van der Waals surface area (Å²) in [6, 6.07) is 5.45. The maximum absolute atomic E-state index is 12.7. The molecule has 1 saturated heterocycles. The molecule has 0 unspecified atom stereocenters. The highest BCUT2D eigenvalue weighted by atomic mass is 32.1. The Hall–Kier alpha value is -2.81. The summed E-state index contributed by atoms with van der Waals surface area (Å²) in [6.07, 6.45) is 5.20. The molecule has 140 valence electrons. The smallest absolute Gasteiger partial charge is 0.288 e. The van der Waals surface area contributed by atoms with Gasteiger partial charge >= 0.3 is 0 Å². The molecule has 4 rings (SSSR count). The van der Waals surface area contributed by atoms with Crippen LogP contribution in [-0.4, -0.2) is 38.6 Å². The molecule has 1 aliphatic rings. The lowest BCUT2D eigenvalue weighted by Crippen LogP contribution is -2.33. The quantitative estimate of drug-likeness (QED) is 0.736. The number of piperidine rings is 1. The van der Waals surface area contributed by atoms with Crippen molar-refractivity contribution in [1.29, 1.82) is 0 Å². The van der Waals surface area contributed by atoms with E-state index in [1.807, 2.05) is 6.07 Å². The lowest BCUT2D eigenvalue weighted by atomic mass is 10.00. The summed E-state index contributed by atoms with van der Waals surface area (Å²) in [4.78, 5) is 36.2. The summed E-state index contributed by atoms with van der Waals surface area (Å²) >= 11 is 1.37. The van der Waals surface area contributed by atoms with Crippen LogP contribution in [0.3, 0.4) is 0 Å². The number of hydrogen-bond donors (Lipinski definition) is 1. The topological polar surface area (TPSA) is 92.5 Å². The van der Waals surface area contributed by atoms with Gasteiger partial charge in [-0.05, 0) is 30.9 Å². The van der Waals surface area contributed by atoms with Crippen molar-refractivity contribution in [2.75, 3.05) is 18.0 Å². The second-order valence-corrected chi connectivity index (χ2v) is 7.66. The summed E-state index contributed by atoms with van der Waals surface area (Å²) in [6.45, 7) is 4.34. The molecule has 3 aromatic heterocycles. The van der Waals surface area contributed by atoms with Gasteiger partial charge in [0.25, 0.3) is 11.5 Å². The lowest BCUT2D eigenvalue weighted by molar-refractivity contribution is 0.0948. The first-order chi connectivity index (χ1) is 13.1. The van der Waals surface area contributed by atoms with Crippen LogP contribution in [-0.2, 0) is 6.54 Å². The SMILES string of the molecule is CC1CCN(c2nn3c(=O)c(C(=O)NCc4ccccn4)cnc3s2)CC1. The zero-order valence-corrected chi connectivity index (χ0v) is 15.8. The molecule has 0 atom stereocenters. The third-order valence-corrected chi connectivity index (χ3v) is 5.71. The van der Waals surface area contributed by atoms with Gasteiger partial charge in [0.15, 0.2) is 0 Å². The molecule has 1 N–H and O–H groups in total. The largest absolute Gasteiger partial charge is 0.347 e. The second-order valence-electron chi connectivity index (χ2n) is 6.73. The minimum Gasteiger partial charge on any atom is -0.347 e. The van der Waals surface area contributed by atoms with Gasteiger partial charge in [0.05, 0.1) is 12.2 Å². The van der Waals surface area contributed by atoms with E-state index in [0.29, 0.717) is 10.9 Å². The van der Waals surface area contributed by atoms with Crippen molar-refractivity contribution in [3.8, 4) is 0 Å². The fraction of sp³-hybridized carbons (Fsp3) is 0.389. The van der Waals surface area contributed by atoms with Crippen molar-refractivity contribution in [2.24, 2.45) is 5.92 Å². The van der Waals surface area contributed by atoms with Crippen LogP contribution in [0.25, 0.3) is 4.96 Å². The average Bonchev–Trinajstić information content (AvgIpc) is 3.13. The van der Waals surface area contributed by atoms with Gasteiger partial charge in [-0.1, -0.05) is 24.3 Å². The average molecular weight is 384 g/mol. The normalized spacial score (nSPS) is 15.2. The molecular weight excluding hydrogens is 364 g/mol. The van der Waals surface area contributed by atoms with Gasteiger partial charge in [-0.25, -0.2) is 4.98 Å². The zero-order chi connectivity index (χ0) is 18.8. The van der Waals surface area contributed by atoms with E-state index in [9.17, 15) is 9.59 Å². The molecule has 9 heteroatoms. The number of nitrogens with one attached hydrogen (secondary N) is 1. The number of hydrogen-bond acceptors (Lipinski definition) is 7. The van der Waals surface area contributed by atoms with Crippen LogP contribution in [0.5, 0.6) is 0 Å². The van der Waals surface area contributed by atoms with Gasteiger partial charge < -0.3 is 10.2 Å². The Labute approximate surface area is 159 Å². The molecule has 3 aromatic rings. The second kappa shape index (κ2) is 7.43. The van der Waals surface area contributed by atoms with Crippen molar-refractivity contribution in [2.45, 2.75) is 26.3 Å².